The second kappa shape index (κ2) is 6.11. The number of hydrogen-bond acceptors (Lipinski definition) is 4. The number of rotatable bonds is 5. The summed E-state index contributed by atoms with van der Waals surface area (Å²) in [4.78, 5) is 8.50. The van der Waals surface area contributed by atoms with Crippen LogP contribution >= 0.6 is 27.5 Å². The summed E-state index contributed by atoms with van der Waals surface area (Å²) in [6.45, 7) is 0.575. The van der Waals surface area contributed by atoms with Crippen LogP contribution in [0, 0.1) is 5.82 Å². The molecular formula is C13H11BrClFN4O. The zero-order chi connectivity index (χ0) is 14.8. The number of hydrogen-bond donors (Lipinski definition) is 0. The molecule has 0 unspecified atom stereocenters. The lowest BCUT2D eigenvalue weighted by atomic mass is 10.3. The molecule has 0 saturated heterocycles. The SMILES string of the molecule is Fc1cc2c(cc1Br)nc(CCCl)n2CCc1ncno1. The summed E-state index contributed by atoms with van der Waals surface area (Å²) >= 11 is 9.00. The molecule has 0 amide bonds. The number of imidazole rings is 1. The van der Waals surface area contributed by atoms with Gasteiger partial charge < -0.3 is 9.09 Å². The van der Waals surface area contributed by atoms with E-state index in [4.69, 9.17) is 16.1 Å². The molecule has 0 aliphatic carbocycles. The number of halogens is 3. The predicted molar refractivity (Wildman–Crippen MR) is 79.8 cm³/mol. The van der Waals surface area contributed by atoms with Gasteiger partial charge in [0.25, 0.3) is 0 Å². The van der Waals surface area contributed by atoms with Gasteiger partial charge >= 0.3 is 0 Å². The molecule has 3 aromatic rings. The number of nitrogens with zero attached hydrogens (tertiary/aromatic N) is 4. The van der Waals surface area contributed by atoms with Crippen LogP contribution in [0.4, 0.5) is 4.39 Å². The third-order valence-electron chi connectivity index (χ3n) is 3.14. The Kier molecular flexibility index (Phi) is 4.21. The fourth-order valence-electron chi connectivity index (χ4n) is 2.21. The van der Waals surface area contributed by atoms with Crippen molar-refractivity contribution < 1.29 is 8.91 Å². The van der Waals surface area contributed by atoms with Crippen molar-refractivity contribution >= 4 is 38.6 Å². The smallest absolute Gasteiger partial charge is 0.228 e. The van der Waals surface area contributed by atoms with E-state index in [-0.39, 0.29) is 5.82 Å². The Morgan fingerprint density at radius 1 is 1.33 bits per heavy atom. The molecule has 5 nitrogen and oxygen atoms in total. The van der Waals surface area contributed by atoms with Gasteiger partial charge in [-0.3, -0.25) is 0 Å². The fraction of sp³-hybridized carbons (Fsp3) is 0.308. The van der Waals surface area contributed by atoms with Crippen molar-refractivity contribution in [1.82, 2.24) is 19.7 Å². The Balaban J connectivity index is 2.00. The van der Waals surface area contributed by atoms with Crippen molar-refractivity contribution in [3.8, 4) is 0 Å². The van der Waals surface area contributed by atoms with Gasteiger partial charge in [0.05, 0.1) is 15.5 Å². The van der Waals surface area contributed by atoms with Crippen molar-refractivity contribution in [2.45, 2.75) is 19.4 Å². The molecule has 0 aliphatic rings. The first-order chi connectivity index (χ1) is 10.2. The lowest BCUT2D eigenvalue weighted by Gasteiger charge is -2.07. The second-order valence-corrected chi connectivity index (χ2v) is 5.69. The Labute approximate surface area is 133 Å². The van der Waals surface area contributed by atoms with Crippen LogP contribution in [0.3, 0.4) is 0 Å². The molecule has 0 radical (unpaired) electrons. The van der Waals surface area contributed by atoms with Crippen LogP contribution in [0.25, 0.3) is 11.0 Å². The molecule has 110 valence electrons. The normalized spacial score (nSPS) is 11.4. The highest BCUT2D eigenvalue weighted by molar-refractivity contribution is 9.10. The van der Waals surface area contributed by atoms with Crippen molar-refractivity contribution in [2.75, 3.05) is 5.88 Å². The summed E-state index contributed by atoms with van der Waals surface area (Å²) in [5.41, 5.74) is 1.46. The van der Waals surface area contributed by atoms with Crippen molar-refractivity contribution in [2.24, 2.45) is 0 Å². The standard InChI is InChI=1S/C13H11BrClFN4O/c14-8-5-10-11(6-9(8)16)20(12(19-10)1-3-15)4-2-13-17-7-18-21-13/h5-7H,1-4H2. The van der Waals surface area contributed by atoms with Gasteiger partial charge in [-0.25, -0.2) is 9.37 Å². The molecule has 0 aliphatic heterocycles. The zero-order valence-corrected chi connectivity index (χ0v) is 13.2. The zero-order valence-electron chi connectivity index (χ0n) is 10.9. The van der Waals surface area contributed by atoms with Gasteiger partial charge in [-0.2, -0.15) is 4.98 Å². The minimum Gasteiger partial charge on any atom is -0.340 e. The van der Waals surface area contributed by atoms with Crippen LogP contribution in [0.15, 0.2) is 27.5 Å². The van der Waals surface area contributed by atoms with Gasteiger partial charge in [-0.1, -0.05) is 5.16 Å². The number of aromatic nitrogens is 4. The van der Waals surface area contributed by atoms with E-state index in [9.17, 15) is 4.39 Å². The first kappa shape index (κ1) is 14.5. The summed E-state index contributed by atoms with van der Waals surface area (Å²) < 4.78 is 21.1. The largest absolute Gasteiger partial charge is 0.340 e. The minimum absolute atomic E-state index is 0.320. The fourth-order valence-corrected chi connectivity index (χ4v) is 2.71. The van der Waals surface area contributed by atoms with E-state index in [1.54, 1.807) is 6.07 Å². The van der Waals surface area contributed by atoms with Crippen LogP contribution in [0.5, 0.6) is 0 Å². The average molecular weight is 374 g/mol. The number of benzene rings is 1. The molecule has 8 heteroatoms. The Bertz CT molecular complexity index is 759. The van der Waals surface area contributed by atoms with Gasteiger partial charge in [0.2, 0.25) is 5.89 Å². The molecule has 0 fully saturated rings. The van der Waals surface area contributed by atoms with Crippen LogP contribution in [-0.2, 0) is 19.4 Å². The van der Waals surface area contributed by atoms with E-state index in [2.05, 4.69) is 31.1 Å². The summed E-state index contributed by atoms with van der Waals surface area (Å²) in [6.07, 6.45) is 2.52. The minimum atomic E-state index is -0.320. The first-order valence-electron chi connectivity index (χ1n) is 6.34. The Morgan fingerprint density at radius 3 is 2.90 bits per heavy atom. The van der Waals surface area contributed by atoms with Crippen molar-refractivity contribution in [1.29, 1.82) is 0 Å². The van der Waals surface area contributed by atoms with Gasteiger partial charge in [-0.15, -0.1) is 11.6 Å². The van der Waals surface area contributed by atoms with Gasteiger partial charge in [-0.05, 0) is 22.0 Å². The summed E-state index contributed by atoms with van der Waals surface area (Å²) in [7, 11) is 0. The van der Waals surface area contributed by atoms with E-state index in [0.29, 0.717) is 35.6 Å². The van der Waals surface area contributed by atoms with Crippen LogP contribution in [0.1, 0.15) is 11.7 Å². The number of aryl methyl sites for hydroxylation is 3. The second-order valence-electron chi connectivity index (χ2n) is 4.46. The third-order valence-corrected chi connectivity index (χ3v) is 3.94. The lowest BCUT2D eigenvalue weighted by molar-refractivity contribution is 0.371. The molecule has 2 aromatic heterocycles. The molecule has 21 heavy (non-hydrogen) atoms. The first-order valence-corrected chi connectivity index (χ1v) is 7.67. The summed E-state index contributed by atoms with van der Waals surface area (Å²) in [5.74, 6) is 1.48. The molecule has 2 heterocycles. The molecule has 0 atom stereocenters. The molecule has 3 rings (SSSR count). The highest BCUT2D eigenvalue weighted by atomic mass is 79.9. The molecule has 1 aromatic carbocycles. The highest BCUT2D eigenvalue weighted by Gasteiger charge is 2.14. The highest BCUT2D eigenvalue weighted by Crippen LogP contribution is 2.24. The average Bonchev–Trinajstić information content (AvgIpc) is 3.06. The third kappa shape index (κ3) is 2.94. The molecular weight excluding hydrogens is 363 g/mol. The lowest BCUT2D eigenvalue weighted by Crippen LogP contribution is -2.07. The van der Waals surface area contributed by atoms with Crippen LogP contribution < -0.4 is 0 Å². The van der Waals surface area contributed by atoms with Crippen LogP contribution in [-0.4, -0.2) is 25.6 Å². The quantitative estimate of drug-likeness (QED) is 0.644. The van der Waals surface area contributed by atoms with E-state index >= 15 is 0 Å². The van der Waals surface area contributed by atoms with Crippen molar-refractivity contribution in [3.05, 3.63) is 40.5 Å². The summed E-state index contributed by atoms with van der Waals surface area (Å²) in [5, 5.41) is 3.57. The van der Waals surface area contributed by atoms with Crippen LogP contribution in [0.2, 0.25) is 0 Å². The Morgan fingerprint density at radius 2 is 2.19 bits per heavy atom. The number of fused-ring (bicyclic) bond motifs is 1. The molecule has 0 bridgehead atoms. The van der Waals surface area contributed by atoms with Crippen molar-refractivity contribution in [3.63, 3.8) is 0 Å². The maximum Gasteiger partial charge on any atom is 0.228 e. The maximum absolute atomic E-state index is 13.8. The topological polar surface area (TPSA) is 56.7 Å². The Hall–Kier alpha value is -1.47. The van der Waals surface area contributed by atoms with Gasteiger partial charge in [0.15, 0.2) is 6.33 Å². The molecule has 0 saturated carbocycles. The van der Waals surface area contributed by atoms with Gasteiger partial charge in [0.1, 0.15) is 11.6 Å². The molecule has 0 spiro atoms. The van der Waals surface area contributed by atoms with E-state index in [1.165, 1.54) is 12.4 Å². The summed E-state index contributed by atoms with van der Waals surface area (Å²) in [6, 6.07) is 3.14. The van der Waals surface area contributed by atoms with E-state index in [0.717, 1.165) is 16.9 Å². The molecule has 0 N–H and O–H groups in total. The van der Waals surface area contributed by atoms with E-state index < -0.39 is 0 Å². The number of alkyl halides is 1. The van der Waals surface area contributed by atoms with Gasteiger partial charge in [0, 0.05) is 31.3 Å². The monoisotopic (exact) mass is 372 g/mol. The van der Waals surface area contributed by atoms with E-state index in [1.807, 2.05) is 4.57 Å². The predicted octanol–water partition coefficient (Wildman–Crippen LogP) is 3.34. The maximum atomic E-state index is 13.8.